The van der Waals surface area contributed by atoms with Gasteiger partial charge in [-0.1, -0.05) is 56.1 Å². The molecular weight excluding hydrogens is 680 g/mol. The Morgan fingerprint density at radius 3 is 1.85 bits per heavy atom. The van der Waals surface area contributed by atoms with Crippen molar-refractivity contribution in [1.82, 2.24) is 5.32 Å². The Kier molecular flexibility index (Phi) is 10.9. The number of hydrogen-bond acceptors (Lipinski definition) is 7. The van der Waals surface area contributed by atoms with E-state index in [9.17, 15) is 22.4 Å². The lowest BCUT2D eigenvalue weighted by molar-refractivity contribution is -0.0140. The Morgan fingerprint density at radius 1 is 0.927 bits per heavy atom. The summed E-state index contributed by atoms with van der Waals surface area (Å²) < 4.78 is 71.1. The number of benzene rings is 2. The van der Waals surface area contributed by atoms with Crippen LogP contribution in [-0.4, -0.2) is 62.6 Å². The first-order valence-corrected chi connectivity index (χ1v) is 13.9. The summed E-state index contributed by atoms with van der Waals surface area (Å²) in [7, 11) is 0. The molecule has 0 fully saturated rings. The number of alkyl halides is 4. The molecule has 0 aliphatic carbocycles. The van der Waals surface area contributed by atoms with E-state index in [0.717, 1.165) is 4.47 Å². The number of nitrogens with zero attached hydrogens (tertiary/aromatic N) is 2. The van der Waals surface area contributed by atoms with Gasteiger partial charge in [-0.2, -0.15) is 0 Å². The number of alkyl carbamates (subject to hydrolysis) is 1. The van der Waals surface area contributed by atoms with Crippen LogP contribution in [0.1, 0.15) is 31.9 Å². The zero-order valence-corrected chi connectivity index (χ0v) is 25.6. The second-order valence-electron chi connectivity index (χ2n) is 10.2. The minimum Gasteiger partial charge on any atom is -0.444 e. The second-order valence-corrected chi connectivity index (χ2v) is 12.1. The minimum atomic E-state index is -2.80. The number of amides is 1. The third-order valence-corrected chi connectivity index (χ3v) is 6.81. The number of rotatable bonds is 4. The van der Waals surface area contributed by atoms with E-state index in [1.807, 2.05) is 0 Å². The molecule has 2 unspecified atom stereocenters. The SMILES string of the molecule is CC(C)(C)OC(=O)NC1=NC(c2cccc(Br)c2)(C(F)F)COC1.NC1=NC(c2cccc(Br)c2)(C(F)F)COC1. The van der Waals surface area contributed by atoms with Gasteiger partial charge >= 0.3 is 6.09 Å². The fraction of sp³-hybridized carbons (Fsp3) is 0.444. The summed E-state index contributed by atoms with van der Waals surface area (Å²) in [5, 5.41) is 2.39. The molecule has 2 atom stereocenters. The van der Waals surface area contributed by atoms with Crippen molar-refractivity contribution in [2.75, 3.05) is 26.4 Å². The van der Waals surface area contributed by atoms with Gasteiger partial charge in [0.2, 0.25) is 0 Å². The molecule has 0 saturated carbocycles. The van der Waals surface area contributed by atoms with Crippen LogP contribution in [0.25, 0.3) is 0 Å². The highest BCUT2D eigenvalue weighted by Gasteiger charge is 2.46. The summed E-state index contributed by atoms with van der Waals surface area (Å²) >= 11 is 6.52. The Morgan fingerprint density at radius 2 is 1.41 bits per heavy atom. The van der Waals surface area contributed by atoms with E-state index in [2.05, 4.69) is 47.2 Å². The first-order chi connectivity index (χ1) is 19.2. The molecule has 0 radical (unpaired) electrons. The largest absolute Gasteiger partial charge is 0.444 e. The van der Waals surface area contributed by atoms with Gasteiger partial charge in [-0.25, -0.2) is 27.3 Å². The molecule has 3 N–H and O–H groups in total. The highest BCUT2D eigenvalue weighted by molar-refractivity contribution is 9.10. The van der Waals surface area contributed by atoms with Gasteiger partial charge < -0.3 is 19.9 Å². The molecular formula is C27H30Br2F4N4O4. The van der Waals surface area contributed by atoms with Crippen LogP contribution in [0.4, 0.5) is 22.4 Å². The topological polar surface area (TPSA) is 108 Å². The second kappa shape index (κ2) is 13.6. The van der Waals surface area contributed by atoms with Crippen molar-refractivity contribution in [2.45, 2.75) is 50.3 Å². The van der Waals surface area contributed by atoms with E-state index in [-0.39, 0.29) is 38.1 Å². The van der Waals surface area contributed by atoms with E-state index >= 15 is 0 Å². The summed E-state index contributed by atoms with van der Waals surface area (Å²) in [4.78, 5) is 19.9. The molecule has 14 heteroatoms. The highest BCUT2D eigenvalue weighted by atomic mass is 79.9. The van der Waals surface area contributed by atoms with Gasteiger partial charge in [0, 0.05) is 8.95 Å². The highest BCUT2D eigenvalue weighted by Crippen LogP contribution is 2.37. The van der Waals surface area contributed by atoms with E-state index in [4.69, 9.17) is 19.9 Å². The third-order valence-electron chi connectivity index (χ3n) is 5.83. The smallest absolute Gasteiger partial charge is 0.413 e. The van der Waals surface area contributed by atoms with Crippen molar-refractivity contribution >= 4 is 49.6 Å². The first-order valence-electron chi connectivity index (χ1n) is 12.3. The van der Waals surface area contributed by atoms with Crippen molar-refractivity contribution in [3.63, 3.8) is 0 Å². The van der Waals surface area contributed by atoms with E-state index in [1.165, 1.54) is 0 Å². The van der Waals surface area contributed by atoms with Crippen LogP contribution in [0.5, 0.6) is 0 Å². The maximum absolute atomic E-state index is 13.8. The number of halogens is 6. The molecule has 0 saturated heterocycles. The summed E-state index contributed by atoms with van der Waals surface area (Å²) in [5.41, 5.74) is 1.94. The molecule has 4 rings (SSSR count). The van der Waals surface area contributed by atoms with Crippen molar-refractivity contribution in [1.29, 1.82) is 0 Å². The van der Waals surface area contributed by atoms with Crippen molar-refractivity contribution < 1.29 is 36.6 Å². The summed E-state index contributed by atoms with van der Waals surface area (Å²) in [5.74, 6) is 0.104. The van der Waals surface area contributed by atoms with Crippen LogP contribution in [0.15, 0.2) is 67.5 Å². The zero-order chi connectivity index (χ0) is 30.4. The number of carbonyl (C=O) groups excluding carboxylic acids is 1. The summed E-state index contributed by atoms with van der Waals surface area (Å²) in [6.07, 6.45) is -6.23. The Balaban J connectivity index is 0.000000239. The van der Waals surface area contributed by atoms with Gasteiger partial charge in [-0.15, -0.1) is 0 Å². The standard InChI is InChI=1S/C16H19BrF2N2O3.C11H11BrF2N2O/c1-15(2,3)24-14(22)20-12-8-23-9-16(21-12,13(18)19)10-5-4-6-11(17)7-10;12-8-3-1-2-7(4-8)11(10(13)14)6-17-5-9(15)16-11/h4-7,13H,8-9H2,1-3H3,(H,20,21,22);1-4,10H,5-6H2,(H2,15,16). The fourth-order valence-corrected chi connectivity index (χ4v) is 4.81. The lowest BCUT2D eigenvalue weighted by Gasteiger charge is -2.34. The first kappa shape index (κ1) is 33.0. The average molecular weight is 710 g/mol. The predicted octanol–water partition coefficient (Wildman–Crippen LogP) is 6.16. The van der Waals surface area contributed by atoms with Crippen LogP contribution in [0, 0.1) is 0 Å². The molecule has 2 heterocycles. The van der Waals surface area contributed by atoms with E-state index in [0.29, 0.717) is 15.6 Å². The van der Waals surface area contributed by atoms with Gasteiger partial charge in [0.05, 0.1) is 13.2 Å². The molecule has 8 nitrogen and oxygen atoms in total. The maximum atomic E-state index is 13.8. The molecule has 0 bridgehead atoms. The van der Waals surface area contributed by atoms with Crippen LogP contribution >= 0.6 is 31.9 Å². The molecule has 1 amide bonds. The van der Waals surface area contributed by atoms with Crippen molar-refractivity contribution in [3.8, 4) is 0 Å². The Bertz CT molecular complexity index is 1290. The van der Waals surface area contributed by atoms with Gasteiger partial charge in [-0.05, 0) is 56.2 Å². The number of carbonyl (C=O) groups is 1. The van der Waals surface area contributed by atoms with Gasteiger partial charge in [-0.3, -0.25) is 10.3 Å². The number of aliphatic imine (C=N–C) groups is 2. The Hall–Kier alpha value is -2.55. The molecule has 2 aliphatic rings. The van der Waals surface area contributed by atoms with Crippen molar-refractivity contribution in [2.24, 2.45) is 15.7 Å². The van der Waals surface area contributed by atoms with Gasteiger partial charge in [0.25, 0.3) is 12.9 Å². The zero-order valence-electron chi connectivity index (χ0n) is 22.5. The third kappa shape index (κ3) is 8.49. The monoisotopic (exact) mass is 708 g/mol. The lowest BCUT2D eigenvalue weighted by atomic mass is 9.91. The quantitative estimate of drug-likeness (QED) is 0.370. The van der Waals surface area contributed by atoms with Crippen LogP contribution < -0.4 is 11.1 Å². The van der Waals surface area contributed by atoms with Crippen LogP contribution in [0.2, 0.25) is 0 Å². The summed E-state index contributed by atoms with van der Waals surface area (Å²) in [6, 6.07) is 13.2. The molecule has 2 aromatic rings. The Labute approximate surface area is 252 Å². The fourth-order valence-electron chi connectivity index (χ4n) is 4.01. The lowest BCUT2D eigenvalue weighted by Crippen LogP contribution is -2.48. The van der Waals surface area contributed by atoms with Crippen LogP contribution in [-0.2, 0) is 25.3 Å². The molecule has 224 valence electrons. The predicted molar refractivity (Wildman–Crippen MR) is 154 cm³/mol. The minimum absolute atomic E-state index is 0.00998. The average Bonchev–Trinajstić information content (AvgIpc) is 2.87. The molecule has 0 aromatic heterocycles. The van der Waals surface area contributed by atoms with E-state index in [1.54, 1.807) is 69.3 Å². The normalized spacial score (nSPS) is 22.8. The number of amidine groups is 2. The number of nitrogens with two attached hydrogens (primary N) is 1. The van der Waals surface area contributed by atoms with E-state index < -0.39 is 35.6 Å². The van der Waals surface area contributed by atoms with Crippen molar-refractivity contribution in [3.05, 3.63) is 68.6 Å². The van der Waals surface area contributed by atoms with Gasteiger partial charge in [0.15, 0.2) is 11.1 Å². The molecule has 41 heavy (non-hydrogen) atoms. The van der Waals surface area contributed by atoms with Gasteiger partial charge in [0.1, 0.15) is 30.5 Å². The molecule has 2 aliphatic heterocycles. The number of hydrogen-bond donors (Lipinski definition) is 2. The molecule has 0 spiro atoms. The number of ether oxygens (including phenoxy) is 3. The molecule has 2 aromatic carbocycles. The van der Waals surface area contributed by atoms with Crippen LogP contribution in [0.3, 0.4) is 0 Å². The number of nitrogens with one attached hydrogen (secondary N) is 1. The summed E-state index contributed by atoms with van der Waals surface area (Å²) in [6.45, 7) is 4.71. The maximum Gasteiger partial charge on any atom is 0.413 e.